The number of nitrogens with zero attached hydrogens (tertiary/aromatic N) is 2. The molecule has 3 rings (SSSR count). The van der Waals surface area contributed by atoms with Gasteiger partial charge in [-0.15, -0.1) is 11.8 Å². The number of aliphatic imine (C=N–C) groups is 1. The highest BCUT2D eigenvalue weighted by atomic mass is 32.2. The third kappa shape index (κ3) is 6.07. The summed E-state index contributed by atoms with van der Waals surface area (Å²) in [7, 11) is 1.77. The zero-order chi connectivity index (χ0) is 21.7. The topological polar surface area (TPSA) is 91.2 Å². The molecular weight excluding hydrogens is 422 g/mol. The predicted octanol–water partition coefficient (Wildman–Crippen LogP) is 4.31. The van der Waals surface area contributed by atoms with Gasteiger partial charge >= 0.3 is 12.0 Å². The molecule has 0 aromatic rings. The molecule has 0 bridgehead atoms. The van der Waals surface area contributed by atoms with E-state index in [9.17, 15) is 14.7 Å². The van der Waals surface area contributed by atoms with Gasteiger partial charge in [0.1, 0.15) is 4.75 Å². The molecule has 2 N–H and O–H groups in total. The average molecular weight is 458 g/mol. The number of carboxylic acid groups (broad SMARTS) is 1. The number of carbonyl (C=O) groups excluding carboxylic acids is 1. The minimum atomic E-state index is -0.874. The predicted molar refractivity (Wildman–Crippen MR) is 123 cm³/mol. The second-order valence-electron chi connectivity index (χ2n) is 8.92. The summed E-state index contributed by atoms with van der Waals surface area (Å²) in [5.41, 5.74) is 0. The first-order chi connectivity index (χ1) is 14.3. The Morgan fingerprint density at radius 2 is 1.77 bits per heavy atom. The summed E-state index contributed by atoms with van der Waals surface area (Å²) in [6, 6.07) is 0.505. The number of aliphatic carboxylic acids is 1. The molecule has 0 spiro atoms. The number of ether oxygens (including phenoxy) is 1. The van der Waals surface area contributed by atoms with Gasteiger partial charge in [0.2, 0.25) is 0 Å². The van der Waals surface area contributed by atoms with Crippen molar-refractivity contribution in [2.24, 2.45) is 4.99 Å². The highest BCUT2D eigenvalue weighted by molar-refractivity contribution is 8.25. The lowest BCUT2D eigenvalue weighted by atomic mass is 9.88. The van der Waals surface area contributed by atoms with Crippen molar-refractivity contribution < 1.29 is 19.4 Å². The number of amidine groups is 1. The van der Waals surface area contributed by atoms with Crippen LogP contribution in [0.2, 0.25) is 0 Å². The van der Waals surface area contributed by atoms with Crippen LogP contribution in [0.15, 0.2) is 4.99 Å². The van der Waals surface area contributed by atoms with E-state index in [4.69, 9.17) is 4.74 Å². The molecule has 1 heterocycles. The number of carbonyl (C=O) groups is 2. The van der Waals surface area contributed by atoms with E-state index in [0.717, 1.165) is 38.5 Å². The fraction of sp³-hybridized carbons (Fsp3) is 0.857. The van der Waals surface area contributed by atoms with Crippen LogP contribution in [0.1, 0.15) is 71.6 Å². The summed E-state index contributed by atoms with van der Waals surface area (Å²) in [4.78, 5) is 31.3. The van der Waals surface area contributed by atoms with Crippen molar-refractivity contribution in [3.8, 4) is 0 Å². The van der Waals surface area contributed by atoms with Gasteiger partial charge in [-0.25, -0.2) is 4.79 Å². The molecule has 0 saturated heterocycles. The lowest BCUT2D eigenvalue weighted by Crippen LogP contribution is -2.54. The van der Waals surface area contributed by atoms with Gasteiger partial charge in [-0.1, -0.05) is 31.0 Å². The molecule has 30 heavy (non-hydrogen) atoms. The van der Waals surface area contributed by atoms with Gasteiger partial charge in [0, 0.05) is 19.2 Å². The van der Waals surface area contributed by atoms with E-state index in [1.54, 1.807) is 21.0 Å². The third-order valence-electron chi connectivity index (χ3n) is 6.36. The van der Waals surface area contributed by atoms with E-state index in [-0.39, 0.29) is 16.7 Å². The Morgan fingerprint density at radius 3 is 2.37 bits per heavy atom. The fourth-order valence-electron chi connectivity index (χ4n) is 4.57. The number of rotatable bonds is 6. The lowest BCUT2D eigenvalue weighted by molar-refractivity contribution is -0.138. The van der Waals surface area contributed by atoms with Crippen molar-refractivity contribution in [3.63, 3.8) is 0 Å². The van der Waals surface area contributed by atoms with Gasteiger partial charge in [0.05, 0.1) is 17.2 Å². The zero-order valence-electron chi connectivity index (χ0n) is 18.3. The number of amides is 2. The van der Waals surface area contributed by atoms with Crippen LogP contribution in [0.25, 0.3) is 0 Å². The van der Waals surface area contributed by atoms with Crippen molar-refractivity contribution >= 4 is 40.7 Å². The monoisotopic (exact) mass is 457 g/mol. The summed E-state index contributed by atoms with van der Waals surface area (Å²) in [6.07, 6.45) is 10.0. The molecule has 1 aliphatic heterocycles. The molecule has 1 unspecified atom stereocenters. The van der Waals surface area contributed by atoms with Crippen molar-refractivity contribution in [2.45, 2.75) is 99.2 Å². The first kappa shape index (κ1) is 23.7. The summed E-state index contributed by atoms with van der Waals surface area (Å²) in [6.45, 7) is 3.93. The van der Waals surface area contributed by atoms with E-state index in [2.05, 4.69) is 15.2 Å². The molecule has 2 amide bonds. The number of thioether (sulfide) groups is 2. The number of methoxy groups -OCH3 is 1. The SMILES string of the molecule is COC1CCC(N(C(=O)NC2=NCC(SC(C)(C)C(=O)O)S2)C2CCCCC2)CC1. The molecule has 2 fully saturated rings. The van der Waals surface area contributed by atoms with Crippen LogP contribution in [0.3, 0.4) is 0 Å². The van der Waals surface area contributed by atoms with Crippen molar-refractivity contribution in [3.05, 3.63) is 0 Å². The highest BCUT2D eigenvalue weighted by Crippen LogP contribution is 2.38. The Labute approximate surface area is 188 Å². The van der Waals surface area contributed by atoms with Crippen LogP contribution in [-0.2, 0) is 9.53 Å². The summed E-state index contributed by atoms with van der Waals surface area (Å²) < 4.78 is 4.65. The Morgan fingerprint density at radius 1 is 1.13 bits per heavy atom. The number of urea groups is 1. The second-order valence-corrected chi connectivity index (χ2v) is 12.2. The maximum absolute atomic E-state index is 13.3. The Balaban J connectivity index is 1.60. The van der Waals surface area contributed by atoms with Crippen molar-refractivity contribution in [1.82, 2.24) is 10.2 Å². The fourth-order valence-corrected chi connectivity index (χ4v) is 7.36. The van der Waals surface area contributed by atoms with Crippen molar-refractivity contribution in [1.29, 1.82) is 0 Å². The minimum Gasteiger partial charge on any atom is -0.480 e. The largest absolute Gasteiger partial charge is 0.480 e. The number of hydrogen-bond acceptors (Lipinski definition) is 6. The summed E-state index contributed by atoms with van der Waals surface area (Å²) in [5.74, 6) is -0.833. The molecule has 0 aromatic carbocycles. The molecule has 1 atom stereocenters. The second kappa shape index (κ2) is 10.6. The maximum atomic E-state index is 13.3. The van der Waals surface area contributed by atoms with E-state index in [1.807, 2.05) is 0 Å². The molecule has 3 aliphatic rings. The minimum absolute atomic E-state index is 0.00618. The molecule has 2 saturated carbocycles. The molecule has 170 valence electrons. The molecule has 0 aromatic heterocycles. The first-order valence-corrected chi connectivity index (χ1v) is 12.8. The molecule has 9 heteroatoms. The van der Waals surface area contributed by atoms with Gasteiger partial charge < -0.3 is 14.7 Å². The molecular formula is C21H35N3O4S2. The van der Waals surface area contributed by atoms with Crippen LogP contribution >= 0.6 is 23.5 Å². The van der Waals surface area contributed by atoms with Crippen LogP contribution in [0.5, 0.6) is 0 Å². The van der Waals surface area contributed by atoms with Crippen LogP contribution < -0.4 is 5.32 Å². The van der Waals surface area contributed by atoms with Gasteiger partial charge in [-0.2, -0.15) is 0 Å². The normalized spacial score (nSPS) is 28.1. The lowest BCUT2D eigenvalue weighted by Gasteiger charge is -2.42. The molecule has 7 nitrogen and oxygen atoms in total. The number of nitrogens with one attached hydrogen (secondary N) is 1. The standard InChI is InChI=1S/C21H35N3O4S2/c1-21(2,18(25)26)30-17-13-22-19(29-17)23-20(27)24(14-7-5-4-6-8-14)15-9-11-16(28-3)12-10-15/h14-17H,4-13H2,1-3H3,(H,25,26)(H,22,23,27). The Kier molecular flexibility index (Phi) is 8.38. The number of hydrogen-bond donors (Lipinski definition) is 2. The van der Waals surface area contributed by atoms with Gasteiger partial charge in [-0.3, -0.25) is 15.1 Å². The Bertz CT molecular complexity index is 644. The van der Waals surface area contributed by atoms with E-state index in [1.165, 1.54) is 42.8 Å². The van der Waals surface area contributed by atoms with Crippen LogP contribution in [0.4, 0.5) is 4.79 Å². The zero-order valence-corrected chi connectivity index (χ0v) is 19.9. The van der Waals surface area contributed by atoms with E-state index in [0.29, 0.717) is 23.9 Å². The van der Waals surface area contributed by atoms with Crippen LogP contribution in [-0.4, -0.2) is 68.3 Å². The smallest absolute Gasteiger partial charge is 0.323 e. The average Bonchev–Trinajstić information content (AvgIpc) is 3.15. The number of carboxylic acids is 1. The molecule has 0 radical (unpaired) electrons. The maximum Gasteiger partial charge on any atom is 0.323 e. The summed E-state index contributed by atoms with van der Waals surface area (Å²) >= 11 is 2.85. The summed E-state index contributed by atoms with van der Waals surface area (Å²) in [5, 5.41) is 13.0. The van der Waals surface area contributed by atoms with Crippen molar-refractivity contribution in [2.75, 3.05) is 13.7 Å². The van der Waals surface area contributed by atoms with E-state index >= 15 is 0 Å². The molecule has 2 aliphatic carbocycles. The van der Waals surface area contributed by atoms with Gasteiger partial charge in [0.25, 0.3) is 0 Å². The highest BCUT2D eigenvalue weighted by Gasteiger charge is 2.37. The van der Waals surface area contributed by atoms with Gasteiger partial charge in [0.15, 0.2) is 5.17 Å². The quantitative estimate of drug-likeness (QED) is 0.617. The van der Waals surface area contributed by atoms with Gasteiger partial charge in [-0.05, 0) is 52.4 Å². The third-order valence-corrected chi connectivity index (χ3v) is 8.97. The van der Waals surface area contributed by atoms with E-state index < -0.39 is 10.7 Å². The van der Waals surface area contributed by atoms with Crippen LogP contribution in [0, 0.1) is 0 Å². The first-order valence-electron chi connectivity index (χ1n) is 11.0. The Hall–Kier alpha value is -0.930.